The van der Waals surface area contributed by atoms with Gasteiger partial charge in [0, 0.05) is 88.3 Å². The van der Waals surface area contributed by atoms with E-state index in [4.69, 9.17) is 43.5 Å². The lowest BCUT2D eigenvalue weighted by Gasteiger charge is -2.17. The third-order valence-corrected chi connectivity index (χ3v) is 19.6. The Labute approximate surface area is 669 Å². The zero-order valence-corrected chi connectivity index (χ0v) is 66.4. The van der Waals surface area contributed by atoms with Crippen LogP contribution in [0.5, 0.6) is 0 Å². The molecule has 0 aliphatic carbocycles. The van der Waals surface area contributed by atoms with Crippen molar-refractivity contribution in [1.82, 2.24) is 109 Å². The quantitative estimate of drug-likeness (QED) is 0.0310. The number of benzene rings is 5. The Morgan fingerprint density at radius 2 is 0.778 bits per heavy atom. The van der Waals surface area contributed by atoms with Gasteiger partial charge in [-0.2, -0.15) is 38.7 Å². The number of anilines is 16. The van der Waals surface area contributed by atoms with Crippen molar-refractivity contribution in [2.45, 2.75) is 25.6 Å². The van der Waals surface area contributed by atoms with Gasteiger partial charge in [0.1, 0.15) is 42.3 Å². The van der Waals surface area contributed by atoms with Gasteiger partial charge in [0.2, 0.25) is 87.7 Å². The van der Waals surface area contributed by atoms with Gasteiger partial charge < -0.3 is 80.0 Å². The van der Waals surface area contributed by atoms with Crippen LogP contribution in [0.15, 0.2) is 196 Å². The lowest BCUT2D eigenvalue weighted by Crippen LogP contribution is -2.27. The number of primary sulfonamides is 4. The van der Waals surface area contributed by atoms with Gasteiger partial charge in [-0.05, 0) is 136 Å². The van der Waals surface area contributed by atoms with Crippen LogP contribution in [-0.4, -0.2) is 218 Å². The minimum atomic E-state index is -3.78. The number of sulfonamides is 4. The number of aromatic nitrogens is 20. The van der Waals surface area contributed by atoms with Gasteiger partial charge >= 0.3 is 0 Å². The van der Waals surface area contributed by atoms with Crippen LogP contribution in [0.25, 0.3) is 23.3 Å². The van der Waals surface area contributed by atoms with Crippen LogP contribution in [0, 0.1) is 0 Å². The molecule has 13 rings (SSSR count). The number of nitrogens with zero attached hydrogens (tertiary/aromatic N) is 23. The normalized spacial score (nSPS) is 11.7. The second-order valence-electron chi connectivity index (χ2n) is 25.0. The van der Waals surface area contributed by atoms with Crippen molar-refractivity contribution in [3.8, 4) is 23.3 Å². The molecule has 0 radical (unpaired) electrons. The molecule has 0 fully saturated rings. The van der Waals surface area contributed by atoms with Crippen molar-refractivity contribution in [3.63, 3.8) is 0 Å². The Bertz CT molecular complexity index is 5970. The van der Waals surface area contributed by atoms with E-state index in [1.165, 1.54) is 98.4 Å². The highest BCUT2D eigenvalue weighted by atomic mass is 32.2. The zero-order chi connectivity index (χ0) is 84.4. The molecule has 0 unspecified atom stereocenters. The first kappa shape index (κ1) is 85.5. The maximum Gasteiger partial charge on any atom is 0.248 e. The van der Waals surface area contributed by atoms with Gasteiger partial charge in [0.15, 0.2) is 23.3 Å². The van der Waals surface area contributed by atoms with Gasteiger partial charge in [-0.15, -0.1) is 30.6 Å². The van der Waals surface area contributed by atoms with Gasteiger partial charge in [0.25, 0.3) is 0 Å². The van der Waals surface area contributed by atoms with Crippen LogP contribution in [-0.2, 0) is 40.1 Å². The number of hydrogen-bond donors (Lipinski definition) is 16. The topological polar surface area (TPSA) is 685 Å². The van der Waals surface area contributed by atoms with E-state index in [1.807, 2.05) is 82.4 Å². The minimum Gasteiger partial charge on any atom is -0.394 e. The maximum atomic E-state index is 11.4. The second kappa shape index (κ2) is 37.8. The fourth-order valence-corrected chi connectivity index (χ4v) is 12.0. The number of nitrogen functional groups attached to an aromatic ring is 4. The van der Waals surface area contributed by atoms with E-state index in [1.54, 1.807) is 66.7 Å². The van der Waals surface area contributed by atoms with E-state index in [0.717, 1.165) is 31.7 Å². The Hall–Kier alpha value is -13.9. The molecule has 51 heteroatoms. The maximum absolute atomic E-state index is 11.4. The number of aliphatic hydroxyl groups excluding tert-OH is 1. The second-order valence-corrected chi connectivity index (χ2v) is 31.3. The molecule has 8 heterocycles. The van der Waals surface area contributed by atoms with Crippen molar-refractivity contribution < 1.29 is 38.8 Å². The first-order valence-electron chi connectivity index (χ1n) is 34.2. The lowest BCUT2D eigenvalue weighted by molar-refractivity contribution is 0.276. The van der Waals surface area contributed by atoms with E-state index >= 15 is 0 Å². The van der Waals surface area contributed by atoms with Crippen LogP contribution in [0.3, 0.4) is 0 Å². The van der Waals surface area contributed by atoms with E-state index in [2.05, 4.69) is 123 Å². The number of nitrogens with two attached hydrogens (primary N) is 8. The van der Waals surface area contributed by atoms with E-state index < -0.39 is 40.1 Å². The molecule has 0 amide bonds. The molecule has 47 nitrogen and oxygen atoms in total. The number of nitrogens with one attached hydrogen (secondary N) is 7. The number of hydrogen-bond acceptors (Lipinski definition) is 39. The average molecular weight is 1680 g/mol. The molecule has 0 aliphatic heterocycles. The molecule has 0 bridgehead atoms. The highest BCUT2D eigenvalue weighted by Crippen LogP contribution is 2.26. The van der Waals surface area contributed by atoms with Crippen molar-refractivity contribution in [2.24, 2.45) is 20.6 Å². The van der Waals surface area contributed by atoms with Crippen LogP contribution in [0.4, 0.5) is 93.6 Å². The van der Waals surface area contributed by atoms with Gasteiger partial charge in [0.05, 0.1) is 32.2 Å². The summed E-state index contributed by atoms with van der Waals surface area (Å²) in [4.78, 5) is 47.6. The summed E-state index contributed by atoms with van der Waals surface area (Å²) in [5.41, 5.74) is 27.0. The first-order chi connectivity index (χ1) is 55.6. The number of rotatable bonds is 29. The molecule has 0 spiro atoms. The molecule has 0 saturated heterocycles. The van der Waals surface area contributed by atoms with E-state index in [0.29, 0.717) is 69.3 Å². The highest BCUT2D eigenvalue weighted by Gasteiger charge is 2.20. The molecule has 13 aromatic rings. The molecular weight excluding hydrogens is 1600 g/mol. The lowest BCUT2D eigenvalue weighted by atomic mass is 10.1. The third-order valence-electron chi connectivity index (χ3n) is 15.9. The predicted molar refractivity (Wildman–Crippen MR) is 438 cm³/mol. The molecule has 24 N–H and O–H groups in total. The standard InChI is InChI=1S/C20H21N9O3S.2C16H22N10O2S.C14H17N9O2S/c21-19-27-20(25-14-6-8-15(9-7-14)33(22,31)32)28-29(19)18-10-17(23-12-24-18)26-16(11-30)13-4-2-1-3-5-13;1-19-7-8-25(2)13-9-14(21-10-20-13)26-15(17)23-16(24-26)22-11-3-5-12(6-4-11)29(18,27)28;1-25(2)10-9-19-13-7-8-14(23-22-13)26-15(17)21-16(24-26)20-11-3-5-12(6-4-11)29(18,27)28;1-22(2)11-7-12(18-8-17-11)23-13(15)20-14(21-23)19-9-3-5-10(6-4-9)26(16,24)25/h1-10,12,16,30H,11H2,(H2,22,31,32)(H,23,24,26)(H3,21,25,27,28);3-6,9-10,19H,7-8H2,1-2H3,(H2,18,27,28)(H3,17,22,23,24);3-8H,9-10H2,1-2H3,(H,19,22)(H2,18,27,28)(H3,17,20,21,24);3-8H,1-2H3,(H2,16,24,25)(H3,15,19,20,21)/t16-;;;/m1.../s1. The predicted octanol–water partition coefficient (Wildman–Crippen LogP) is 0.963. The number of likely N-dealkylation sites (N-methyl/N-ethyl adjacent to an activating group) is 3. The minimum absolute atomic E-state index is 0.00982. The van der Waals surface area contributed by atoms with Crippen LogP contribution in [0.1, 0.15) is 11.6 Å². The fraction of sp³-hybridized carbons (Fsp3) is 0.182. The van der Waals surface area contributed by atoms with Crippen molar-refractivity contribution >= 4 is 134 Å². The van der Waals surface area contributed by atoms with Gasteiger partial charge in [-0.1, -0.05) is 30.3 Å². The van der Waals surface area contributed by atoms with Crippen molar-refractivity contribution in [1.29, 1.82) is 0 Å². The molecule has 0 aliphatic rings. The molecule has 117 heavy (non-hydrogen) atoms. The van der Waals surface area contributed by atoms with E-state index in [-0.39, 0.29) is 79.8 Å². The van der Waals surface area contributed by atoms with Crippen LogP contribution >= 0.6 is 0 Å². The Morgan fingerprint density at radius 3 is 1.13 bits per heavy atom. The highest BCUT2D eigenvalue weighted by molar-refractivity contribution is 7.90. The first-order valence-corrected chi connectivity index (χ1v) is 40.4. The fourth-order valence-electron chi connectivity index (χ4n) is 9.94. The van der Waals surface area contributed by atoms with Gasteiger partial charge in [-0.3, -0.25) is 0 Å². The Kier molecular flexibility index (Phi) is 27.7. The summed E-state index contributed by atoms with van der Waals surface area (Å²) in [7, 11) is -3.53. The van der Waals surface area contributed by atoms with Gasteiger partial charge in [-0.25, -0.2) is 84.1 Å². The molecule has 8 aromatic heterocycles. The molecule has 1 atom stereocenters. The van der Waals surface area contributed by atoms with E-state index in [9.17, 15) is 38.8 Å². The monoisotopic (exact) mass is 1680 g/mol. The third kappa shape index (κ3) is 24.1. The summed E-state index contributed by atoms with van der Waals surface area (Å²) in [6, 6.07) is 41.1. The van der Waals surface area contributed by atoms with Crippen molar-refractivity contribution in [3.05, 3.63) is 182 Å². The summed E-state index contributed by atoms with van der Waals surface area (Å²) in [5, 5.41) is 76.7. The Balaban J connectivity index is 0.000000165. The zero-order valence-electron chi connectivity index (χ0n) is 63.1. The molecule has 5 aromatic carbocycles. The molecular formula is C66H82N38O9S4. The Morgan fingerprint density at radius 1 is 0.410 bits per heavy atom. The smallest absolute Gasteiger partial charge is 0.248 e. The summed E-state index contributed by atoms with van der Waals surface area (Å²) < 4.78 is 96.0. The summed E-state index contributed by atoms with van der Waals surface area (Å²) in [5.74, 6) is 5.55. The van der Waals surface area contributed by atoms with Crippen LogP contribution in [0.2, 0.25) is 0 Å². The van der Waals surface area contributed by atoms with Crippen LogP contribution < -0.4 is 90.5 Å². The average Bonchev–Trinajstić information content (AvgIpc) is 1.69. The summed E-state index contributed by atoms with van der Waals surface area (Å²) in [6.45, 7) is 3.05. The SMILES string of the molecule is CN(C)CCNc1ccc(-n2nc(Nc3ccc(S(N)(=O)=O)cc3)nc2N)nn1.CN(C)c1cc(-n2nc(Nc3ccc(S(N)(=O)=O)cc3)nc2N)ncn1.CNCCN(C)c1cc(-n2nc(Nc3ccc(S(N)(=O)=O)cc3)nc2N)ncn1.Nc1nc(Nc2ccc(S(N)(=O)=O)cc2)nn1-c1cc(N[C@H](CO)c2ccccc2)ncn1. The largest absolute Gasteiger partial charge is 0.394 e. The molecule has 614 valence electrons. The molecule has 0 saturated carbocycles. The summed E-state index contributed by atoms with van der Waals surface area (Å²) in [6.07, 6.45) is 4.18. The van der Waals surface area contributed by atoms with Crippen molar-refractivity contribution in [2.75, 3.05) is 140 Å². The number of aliphatic hydroxyl groups is 1. The summed E-state index contributed by atoms with van der Waals surface area (Å²) >= 11 is 0.